The van der Waals surface area contributed by atoms with Gasteiger partial charge in [0.05, 0.1) is 26.0 Å². The van der Waals surface area contributed by atoms with E-state index >= 15 is 0 Å². The fourth-order valence-electron chi connectivity index (χ4n) is 5.47. The number of hydrogen-bond donors (Lipinski definition) is 0. The Morgan fingerprint density at radius 1 is 0.879 bits per heavy atom. The summed E-state index contributed by atoms with van der Waals surface area (Å²) in [5, 5.41) is 2.43. The molecule has 0 spiro atoms. The quantitative estimate of drug-likeness (QED) is 0.298. The van der Waals surface area contributed by atoms with Gasteiger partial charge in [0.25, 0.3) is 0 Å². The molecule has 0 N–H and O–H groups in total. The second kappa shape index (κ2) is 7.78. The highest BCUT2D eigenvalue weighted by molar-refractivity contribution is 6.08. The van der Waals surface area contributed by atoms with Gasteiger partial charge in [0, 0.05) is 21.9 Å². The van der Waals surface area contributed by atoms with E-state index in [9.17, 15) is 0 Å². The van der Waals surface area contributed by atoms with Crippen molar-refractivity contribution < 1.29 is 8.90 Å². The maximum atomic E-state index is 6.54. The highest BCUT2D eigenvalue weighted by atomic mass is 16.3. The van der Waals surface area contributed by atoms with Crippen molar-refractivity contribution in [2.75, 3.05) is 19.0 Å². The highest BCUT2D eigenvalue weighted by Gasteiger charge is 2.42. The monoisotopic (exact) mass is 439 g/mol. The number of hydrogen-bond acceptors (Lipinski definition) is 2. The lowest BCUT2D eigenvalue weighted by Crippen LogP contribution is -2.42. The van der Waals surface area contributed by atoms with Crippen LogP contribution in [-0.4, -0.2) is 18.6 Å². The van der Waals surface area contributed by atoms with Gasteiger partial charge in [-0.25, -0.2) is 0 Å². The Hall–Kier alpha value is -3.04. The normalized spacial score (nSPS) is 17.8. The van der Waals surface area contributed by atoms with Gasteiger partial charge in [-0.3, -0.25) is 9.38 Å². The average Bonchev–Trinajstić information content (AvgIpc) is 3.29. The highest BCUT2D eigenvalue weighted by Crippen LogP contribution is 2.49. The molecule has 0 aliphatic carbocycles. The van der Waals surface area contributed by atoms with Gasteiger partial charge in [-0.15, -0.1) is 0 Å². The van der Waals surface area contributed by atoms with Crippen LogP contribution in [0.15, 0.2) is 71.4 Å². The van der Waals surface area contributed by atoms with Crippen molar-refractivity contribution in [3.8, 4) is 0 Å². The molecule has 1 aliphatic rings. The zero-order chi connectivity index (χ0) is 23.5. The molecule has 5 rings (SSSR count). The Morgan fingerprint density at radius 3 is 2.27 bits per heavy atom. The standard InChI is InChI=1S/C30H35N2O/c1-19(2)24-18-25-23-14-10-11-15-26(23)33-29(25)27(20(3)4)28(24)31-16-17-32(6,7)30(31)22-13-9-8-12-21(22)5/h8-20,30H,1-7H3/q+1. The largest absolute Gasteiger partial charge is 0.456 e. The molecular weight excluding hydrogens is 404 g/mol. The van der Waals surface area contributed by atoms with Crippen LogP contribution >= 0.6 is 0 Å². The minimum Gasteiger partial charge on any atom is -0.456 e. The molecule has 0 saturated heterocycles. The summed E-state index contributed by atoms with van der Waals surface area (Å²) in [5.41, 5.74) is 8.66. The average molecular weight is 440 g/mol. The number of benzene rings is 3. The molecule has 4 aromatic rings. The molecule has 1 aromatic heterocycles. The minimum absolute atomic E-state index is 0.169. The molecule has 0 radical (unpaired) electrons. The molecule has 1 unspecified atom stereocenters. The smallest absolute Gasteiger partial charge is 0.199 e. The molecule has 3 nitrogen and oxygen atoms in total. The van der Waals surface area contributed by atoms with Crippen LogP contribution in [0.2, 0.25) is 0 Å². The predicted octanol–water partition coefficient (Wildman–Crippen LogP) is 8.21. The molecule has 2 heterocycles. The molecular formula is C30H35N2O+. The molecule has 33 heavy (non-hydrogen) atoms. The van der Waals surface area contributed by atoms with Crippen LogP contribution in [0.3, 0.4) is 0 Å². The second-order valence-electron chi connectivity index (χ2n) is 10.6. The fourth-order valence-corrected chi connectivity index (χ4v) is 5.47. The SMILES string of the molecule is Cc1ccccc1C1N(c2c(C(C)C)cc3c(oc4ccccc43)c2C(C)C)C=C[N+]1(C)C. The summed E-state index contributed by atoms with van der Waals surface area (Å²) in [6.45, 7) is 11.4. The predicted molar refractivity (Wildman–Crippen MR) is 140 cm³/mol. The van der Waals surface area contributed by atoms with E-state index in [1.54, 1.807) is 0 Å². The van der Waals surface area contributed by atoms with Crippen molar-refractivity contribution >= 4 is 27.6 Å². The van der Waals surface area contributed by atoms with Crippen LogP contribution in [0.1, 0.15) is 68.0 Å². The van der Waals surface area contributed by atoms with E-state index in [1.165, 1.54) is 38.7 Å². The van der Waals surface area contributed by atoms with Crippen LogP contribution in [0.4, 0.5) is 5.69 Å². The first kappa shape index (κ1) is 21.8. The molecule has 0 bridgehead atoms. The number of anilines is 1. The summed E-state index contributed by atoms with van der Waals surface area (Å²) >= 11 is 0. The molecule has 0 amide bonds. The van der Waals surface area contributed by atoms with Crippen LogP contribution in [0.25, 0.3) is 21.9 Å². The number of fused-ring (bicyclic) bond motifs is 3. The third-order valence-electron chi connectivity index (χ3n) is 7.14. The lowest BCUT2D eigenvalue weighted by molar-refractivity contribution is -0.864. The van der Waals surface area contributed by atoms with Gasteiger partial charge in [-0.05, 0) is 42.0 Å². The first-order valence-corrected chi connectivity index (χ1v) is 12.0. The Balaban J connectivity index is 1.86. The number of furan rings is 1. The Morgan fingerprint density at radius 2 is 1.58 bits per heavy atom. The van der Waals surface area contributed by atoms with Gasteiger partial charge in [0.2, 0.25) is 0 Å². The van der Waals surface area contributed by atoms with Crippen LogP contribution in [-0.2, 0) is 0 Å². The molecule has 0 saturated carbocycles. The maximum absolute atomic E-state index is 6.54. The first-order chi connectivity index (χ1) is 15.7. The second-order valence-corrected chi connectivity index (χ2v) is 10.6. The van der Waals surface area contributed by atoms with Gasteiger partial charge in [-0.1, -0.05) is 70.2 Å². The van der Waals surface area contributed by atoms with E-state index < -0.39 is 0 Å². The molecule has 0 fully saturated rings. The van der Waals surface area contributed by atoms with Crippen molar-refractivity contribution in [3.05, 3.63) is 89.3 Å². The fraction of sp³-hybridized carbons (Fsp3) is 0.333. The number of para-hydroxylation sites is 1. The summed E-state index contributed by atoms with van der Waals surface area (Å²) in [6, 6.07) is 19.6. The molecule has 1 aliphatic heterocycles. The summed E-state index contributed by atoms with van der Waals surface area (Å²) < 4.78 is 7.32. The first-order valence-electron chi connectivity index (χ1n) is 12.0. The Bertz CT molecular complexity index is 1370. The van der Waals surface area contributed by atoms with Gasteiger partial charge in [0.15, 0.2) is 6.17 Å². The van der Waals surface area contributed by atoms with Crippen molar-refractivity contribution in [1.82, 2.24) is 0 Å². The zero-order valence-corrected chi connectivity index (χ0v) is 20.9. The number of quaternary nitrogens is 1. The minimum atomic E-state index is 0.169. The summed E-state index contributed by atoms with van der Waals surface area (Å²) in [4.78, 5) is 2.51. The van der Waals surface area contributed by atoms with E-state index in [0.29, 0.717) is 11.8 Å². The number of nitrogens with zero attached hydrogens (tertiary/aromatic N) is 2. The maximum Gasteiger partial charge on any atom is 0.199 e. The molecule has 170 valence electrons. The van der Waals surface area contributed by atoms with Gasteiger partial charge in [0.1, 0.15) is 17.4 Å². The number of rotatable bonds is 4. The van der Waals surface area contributed by atoms with E-state index in [-0.39, 0.29) is 6.17 Å². The van der Waals surface area contributed by atoms with Crippen LogP contribution < -0.4 is 4.90 Å². The van der Waals surface area contributed by atoms with Gasteiger partial charge >= 0.3 is 0 Å². The lowest BCUT2D eigenvalue weighted by atomic mass is 9.88. The topological polar surface area (TPSA) is 16.4 Å². The van der Waals surface area contributed by atoms with Gasteiger partial charge in [-0.2, -0.15) is 0 Å². The van der Waals surface area contributed by atoms with E-state index in [4.69, 9.17) is 4.42 Å². The van der Waals surface area contributed by atoms with E-state index in [0.717, 1.165) is 15.6 Å². The van der Waals surface area contributed by atoms with Crippen molar-refractivity contribution in [3.63, 3.8) is 0 Å². The molecule has 1 atom stereocenters. The van der Waals surface area contributed by atoms with Crippen LogP contribution in [0.5, 0.6) is 0 Å². The number of aryl methyl sites for hydroxylation is 1. The van der Waals surface area contributed by atoms with E-state index in [1.807, 2.05) is 0 Å². The van der Waals surface area contributed by atoms with Crippen LogP contribution in [0, 0.1) is 6.92 Å². The summed E-state index contributed by atoms with van der Waals surface area (Å²) in [6.07, 6.45) is 4.77. The lowest BCUT2D eigenvalue weighted by Gasteiger charge is -2.38. The molecule has 3 heteroatoms. The zero-order valence-electron chi connectivity index (χ0n) is 20.9. The van der Waals surface area contributed by atoms with Crippen molar-refractivity contribution in [2.24, 2.45) is 0 Å². The summed E-state index contributed by atoms with van der Waals surface area (Å²) in [7, 11) is 4.58. The third-order valence-corrected chi connectivity index (χ3v) is 7.14. The van der Waals surface area contributed by atoms with Crippen molar-refractivity contribution in [2.45, 2.75) is 52.6 Å². The Labute approximate surface area is 197 Å². The Kier molecular flexibility index (Phi) is 5.13. The van der Waals surface area contributed by atoms with Gasteiger partial charge < -0.3 is 4.42 Å². The van der Waals surface area contributed by atoms with E-state index in [2.05, 4.69) is 121 Å². The summed E-state index contributed by atoms with van der Waals surface area (Å²) in [5.74, 6) is 0.710. The molecule has 3 aromatic carbocycles. The van der Waals surface area contributed by atoms with Crippen molar-refractivity contribution in [1.29, 1.82) is 0 Å². The third kappa shape index (κ3) is 3.38.